The van der Waals surface area contributed by atoms with Gasteiger partial charge in [-0.2, -0.15) is 5.10 Å². The van der Waals surface area contributed by atoms with Crippen LogP contribution in [0.5, 0.6) is 5.75 Å². The Hall–Kier alpha value is -1.84. The van der Waals surface area contributed by atoms with Gasteiger partial charge in [-0.1, -0.05) is 13.8 Å². The molecule has 4 nitrogen and oxygen atoms in total. The van der Waals surface area contributed by atoms with Gasteiger partial charge in [-0.25, -0.2) is 5.43 Å². The number of nitrogens with one attached hydrogen (secondary N) is 1. The number of hydrazone groups is 1. The molecule has 0 saturated heterocycles. The molecular weight excluding hydrogens is 216 g/mol. The fourth-order valence-corrected chi connectivity index (χ4v) is 1.38. The van der Waals surface area contributed by atoms with E-state index in [1.807, 2.05) is 0 Å². The molecule has 0 fully saturated rings. The molecule has 1 rings (SSSR count). The molecule has 17 heavy (non-hydrogen) atoms. The Balaban J connectivity index is 2.52. The summed E-state index contributed by atoms with van der Waals surface area (Å²) in [5, 5.41) is 13.0. The van der Waals surface area contributed by atoms with E-state index in [9.17, 15) is 4.79 Å². The van der Waals surface area contributed by atoms with Crippen LogP contribution in [0.25, 0.3) is 0 Å². The lowest BCUT2D eigenvalue weighted by Crippen LogP contribution is -2.18. The predicted molar refractivity (Wildman–Crippen MR) is 68.1 cm³/mol. The van der Waals surface area contributed by atoms with Crippen LogP contribution in [0.1, 0.15) is 37.0 Å². The predicted octanol–water partition coefficient (Wildman–Crippen LogP) is 2.54. The second kappa shape index (κ2) is 6.68. The van der Waals surface area contributed by atoms with Gasteiger partial charge in [-0.3, -0.25) is 4.79 Å². The van der Waals surface area contributed by atoms with Crippen molar-refractivity contribution in [1.82, 2.24) is 5.43 Å². The van der Waals surface area contributed by atoms with E-state index in [0.29, 0.717) is 11.5 Å². The summed E-state index contributed by atoms with van der Waals surface area (Å²) in [6.07, 6.45) is 3.78. The first-order valence-corrected chi connectivity index (χ1v) is 5.79. The van der Waals surface area contributed by atoms with Gasteiger partial charge in [0.1, 0.15) is 5.75 Å². The van der Waals surface area contributed by atoms with Gasteiger partial charge in [-0.05, 0) is 43.0 Å². The maximum Gasteiger partial charge on any atom is 0.271 e. The lowest BCUT2D eigenvalue weighted by molar-refractivity contribution is 0.0955. The van der Waals surface area contributed by atoms with Gasteiger partial charge >= 0.3 is 0 Å². The summed E-state index contributed by atoms with van der Waals surface area (Å²) in [7, 11) is 0. The number of hydrogen-bond acceptors (Lipinski definition) is 3. The molecule has 0 spiro atoms. The maximum absolute atomic E-state index is 11.6. The van der Waals surface area contributed by atoms with Crippen LogP contribution >= 0.6 is 0 Å². The summed E-state index contributed by atoms with van der Waals surface area (Å²) < 4.78 is 0. The molecule has 1 amide bonds. The minimum Gasteiger partial charge on any atom is -0.508 e. The van der Waals surface area contributed by atoms with Crippen molar-refractivity contribution in [2.24, 2.45) is 11.0 Å². The third-order valence-corrected chi connectivity index (χ3v) is 2.63. The van der Waals surface area contributed by atoms with E-state index >= 15 is 0 Å². The molecule has 2 N–H and O–H groups in total. The van der Waals surface area contributed by atoms with Crippen molar-refractivity contribution >= 4 is 12.1 Å². The molecule has 0 aliphatic carbocycles. The number of nitrogens with zero attached hydrogens (tertiary/aromatic N) is 1. The van der Waals surface area contributed by atoms with Crippen LogP contribution in [0.3, 0.4) is 0 Å². The van der Waals surface area contributed by atoms with Gasteiger partial charge < -0.3 is 5.11 Å². The highest BCUT2D eigenvalue weighted by Gasteiger charge is 2.04. The summed E-state index contributed by atoms with van der Waals surface area (Å²) >= 11 is 0. The molecule has 1 aromatic rings. The molecule has 0 bridgehead atoms. The Labute approximate surface area is 101 Å². The topological polar surface area (TPSA) is 61.7 Å². The summed E-state index contributed by atoms with van der Waals surface area (Å²) in [4.78, 5) is 11.6. The number of benzene rings is 1. The Morgan fingerprint density at radius 3 is 2.47 bits per heavy atom. The number of hydrogen-bond donors (Lipinski definition) is 2. The lowest BCUT2D eigenvalue weighted by atomic mass is 10.1. The largest absolute Gasteiger partial charge is 0.508 e. The van der Waals surface area contributed by atoms with Gasteiger partial charge in [-0.15, -0.1) is 0 Å². The van der Waals surface area contributed by atoms with Crippen molar-refractivity contribution < 1.29 is 9.90 Å². The molecule has 0 heterocycles. The fourth-order valence-electron chi connectivity index (χ4n) is 1.38. The van der Waals surface area contributed by atoms with Gasteiger partial charge in [0.15, 0.2) is 0 Å². The number of phenols is 1. The van der Waals surface area contributed by atoms with Gasteiger partial charge in [0, 0.05) is 11.8 Å². The van der Waals surface area contributed by atoms with Crippen molar-refractivity contribution in [3.63, 3.8) is 0 Å². The molecule has 4 heteroatoms. The molecule has 0 saturated carbocycles. The molecule has 0 radical (unpaired) electrons. The monoisotopic (exact) mass is 234 g/mol. The lowest BCUT2D eigenvalue weighted by Gasteiger charge is -2.04. The number of carbonyl (C=O) groups excluding carboxylic acids is 1. The molecule has 0 aliphatic rings. The van der Waals surface area contributed by atoms with E-state index in [-0.39, 0.29) is 11.7 Å². The Morgan fingerprint density at radius 2 is 1.94 bits per heavy atom. The number of amides is 1. The molecule has 0 aromatic heterocycles. The van der Waals surface area contributed by atoms with E-state index < -0.39 is 0 Å². The fraction of sp³-hybridized carbons (Fsp3) is 0.385. The Bertz CT molecular complexity index is 381. The van der Waals surface area contributed by atoms with Crippen LogP contribution in [0.4, 0.5) is 0 Å². The minimum absolute atomic E-state index is 0.141. The third-order valence-electron chi connectivity index (χ3n) is 2.63. The number of rotatable bonds is 5. The highest BCUT2D eigenvalue weighted by molar-refractivity contribution is 5.94. The smallest absolute Gasteiger partial charge is 0.271 e. The van der Waals surface area contributed by atoms with Crippen molar-refractivity contribution in [3.05, 3.63) is 29.8 Å². The van der Waals surface area contributed by atoms with Gasteiger partial charge in [0.05, 0.1) is 0 Å². The van der Waals surface area contributed by atoms with E-state index in [1.165, 1.54) is 12.1 Å². The zero-order valence-corrected chi connectivity index (χ0v) is 10.2. The van der Waals surface area contributed by atoms with Crippen LogP contribution in [-0.2, 0) is 0 Å². The second-order valence-electron chi connectivity index (χ2n) is 3.84. The highest BCUT2D eigenvalue weighted by Crippen LogP contribution is 2.09. The SMILES string of the molecule is CCC(/C=N\NC(=O)c1ccc(O)cc1)CC. The first-order chi connectivity index (χ1) is 8.17. The maximum atomic E-state index is 11.6. The van der Waals surface area contributed by atoms with Crippen molar-refractivity contribution in [2.45, 2.75) is 26.7 Å². The van der Waals surface area contributed by atoms with E-state index in [0.717, 1.165) is 12.8 Å². The first-order valence-electron chi connectivity index (χ1n) is 5.79. The van der Waals surface area contributed by atoms with E-state index in [2.05, 4.69) is 24.4 Å². The average molecular weight is 234 g/mol. The zero-order chi connectivity index (χ0) is 12.7. The van der Waals surface area contributed by atoms with Crippen LogP contribution in [0.15, 0.2) is 29.4 Å². The summed E-state index contributed by atoms with van der Waals surface area (Å²) in [6.45, 7) is 4.17. The quantitative estimate of drug-likeness (QED) is 0.607. The standard InChI is InChI=1S/C13H18N2O2/c1-3-10(4-2)9-14-15-13(17)11-5-7-12(16)8-6-11/h5-10,16H,3-4H2,1-2H3,(H,15,17)/b14-9-. The normalized spacial score (nSPS) is 11.0. The van der Waals surface area contributed by atoms with Crippen LogP contribution in [0, 0.1) is 5.92 Å². The zero-order valence-electron chi connectivity index (χ0n) is 10.2. The number of carbonyl (C=O) groups is 1. The first kappa shape index (κ1) is 13.2. The third kappa shape index (κ3) is 4.26. The molecule has 1 aromatic carbocycles. The molecule has 0 unspecified atom stereocenters. The van der Waals surface area contributed by atoms with Crippen molar-refractivity contribution in [1.29, 1.82) is 0 Å². The second-order valence-corrected chi connectivity index (χ2v) is 3.84. The van der Waals surface area contributed by atoms with Crippen LogP contribution < -0.4 is 5.43 Å². The number of phenolic OH excluding ortho intramolecular Hbond substituents is 1. The molecular formula is C13H18N2O2. The average Bonchev–Trinajstić information content (AvgIpc) is 2.35. The summed E-state index contributed by atoms with van der Waals surface area (Å²) in [5.74, 6) is 0.268. The Morgan fingerprint density at radius 1 is 1.35 bits per heavy atom. The number of aromatic hydroxyl groups is 1. The van der Waals surface area contributed by atoms with E-state index in [4.69, 9.17) is 5.11 Å². The van der Waals surface area contributed by atoms with Crippen molar-refractivity contribution in [2.75, 3.05) is 0 Å². The summed E-state index contributed by atoms with van der Waals surface area (Å²) in [5.41, 5.74) is 2.94. The van der Waals surface area contributed by atoms with Crippen LogP contribution in [-0.4, -0.2) is 17.2 Å². The summed E-state index contributed by atoms with van der Waals surface area (Å²) in [6, 6.07) is 6.05. The van der Waals surface area contributed by atoms with Gasteiger partial charge in [0.25, 0.3) is 5.91 Å². The Kier molecular flexibility index (Phi) is 5.20. The van der Waals surface area contributed by atoms with Crippen LogP contribution in [0.2, 0.25) is 0 Å². The van der Waals surface area contributed by atoms with E-state index in [1.54, 1.807) is 18.3 Å². The minimum atomic E-state index is -0.271. The molecule has 92 valence electrons. The molecule has 0 atom stereocenters. The highest BCUT2D eigenvalue weighted by atomic mass is 16.3. The van der Waals surface area contributed by atoms with Gasteiger partial charge in [0.2, 0.25) is 0 Å². The molecule has 0 aliphatic heterocycles. The van der Waals surface area contributed by atoms with Crippen molar-refractivity contribution in [3.8, 4) is 5.75 Å².